The molecule has 1 atom stereocenters. The number of hydrogen-bond donors (Lipinski definition) is 0. The summed E-state index contributed by atoms with van der Waals surface area (Å²) >= 11 is 1.72. The Kier molecular flexibility index (Phi) is 4.09. The van der Waals surface area contributed by atoms with Gasteiger partial charge in [0.15, 0.2) is 5.82 Å². The van der Waals surface area contributed by atoms with Crippen LogP contribution >= 0.6 is 11.3 Å². The van der Waals surface area contributed by atoms with E-state index in [1.165, 1.54) is 11.3 Å². The van der Waals surface area contributed by atoms with Crippen LogP contribution < -0.4 is 0 Å². The summed E-state index contributed by atoms with van der Waals surface area (Å²) in [4.78, 5) is 9.81. The van der Waals surface area contributed by atoms with Crippen molar-refractivity contribution in [3.63, 3.8) is 0 Å². The molecule has 1 aliphatic heterocycles. The number of rotatable bonds is 0. The maximum Gasteiger partial charge on any atom is 0.165 e. The Morgan fingerprint density at radius 1 is 1.46 bits per heavy atom. The first kappa shape index (κ1) is 10.4. The second-order valence-electron chi connectivity index (χ2n) is 2.83. The van der Waals surface area contributed by atoms with Crippen LogP contribution in [0.4, 0.5) is 5.82 Å². The lowest BCUT2D eigenvalue weighted by atomic mass is 10.1. The van der Waals surface area contributed by atoms with E-state index in [2.05, 4.69) is 16.9 Å². The van der Waals surface area contributed by atoms with Crippen LogP contribution in [0.15, 0.2) is 10.5 Å². The minimum Gasteiger partial charge on any atom is -0.241 e. The van der Waals surface area contributed by atoms with Crippen molar-refractivity contribution in [1.29, 1.82) is 0 Å². The molecule has 3 heteroatoms. The molecule has 2 rings (SSSR count). The van der Waals surface area contributed by atoms with E-state index in [1.54, 1.807) is 11.3 Å². The molecule has 0 radical (unpaired) electrons. The summed E-state index contributed by atoms with van der Waals surface area (Å²) in [5.41, 5.74) is 1.88. The molecule has 2 nitrogen and oxygen atoms in total. The van der Waals surface area contributed by atoms with Gasteiger partial charge < -0.3 is 0 Å². The summed E-state index contributed by atoms with van der Waals surface area (Å²) in [6.07, 6.45) is 4.27. The third-order valence-corrected chi connectivity index (χ3v) is 3.01. The van der Waals surface area contributed by atoms with Crippen LogP contribution in [0.1, 0.15) is 44.4 Å². The third-order valence-electron chi connectivity index (χ3n) is 1.96. The van der Waals surface area contributed by atoms with Gasteiger partial charge in [-0.1, -0.05) is 20.8 Å². The molecule has 72 valence electrons. The zero-order valence-corrected chi connectivity index (χ0v) is 9.27. The number of hydrogen-bond acceptors (Lipinski definition) is 3. The maximum absolute atomic E-state index is 4.27. The predicted octanol–water partition coefficient (Wildman–Crippen LogP) is 3.77. The van der Waals surface area contributed by atoms with Gasteiger partial charge in [0.2, 0.25) is 0 Å². The number of aromatic nitrogens is 1. The van der Waals surface area contributed by atoms with Crippen LogP contribution in [0.25, 0.3) is 0 Å². The van der Waals surface area contributed by atoms with Gasteiger partial charge in [0, 0.05) is 6.21 Å². The Labute approximate surface area is 83.7 Å². The first-order valence-corrected chi connectivity index (χ1v) is 5.72. The normalized spacial score (nSPS) is 19.8. The van der Waals surface area contributed by atoms with Crippen LogP contribution in [0.2, 0.25) is 0 Å². The third kappa shape index (κ3) is 2.37. The van der Waals surface area contributed by atoms with E-state index in [1.807, 2.05) is 25.6 Å². The minimum absolute atomic E-state index is 0.639. The molecule has 0 saturated heterocycles. The van der Waals surface area contributed by atoms with Crippen molar-refractivity contribution in [3.8, 4) is 0 Å². The van der Waals surface area contributed by atoms with Gasteiger partial charge in [-0.15, -0.1) is 11.3 Å². The molecule has 0 aliphatic carbocycles. The molecule has 0 aromatic carbocycles. The Balaban J connectivity index is 0.000000396. The Morgan fingerprint density at radius 3 is 3.00 bits per heavy atom. The highest BCUT2D eigenvalue weighted by Crippen LogP contribution is 2.33. The van der Waals surface area contributed by atoms with Gasteiger partial charge in [-0.3, -0.25) is 0 Å². The van der Waals surface area contributed by atoms with Crippen LogP contribution in [0.5, 0.6) is 0 Å². The van der Waals surface area contributed by atoms with Gasteiger partial charge in [0.1, 0.15) is 0 Å². The molecular formula is C10H16N2S. The van der Waals surface area contributed by atoms with E-state index < -0.39 is 0 Å². The van der Waals surface area contributed by atoms with E-state index >= 15 is 0 Å². The lowest BCUT2D eigenvalue weighted by molar-refractivity contribution is 0.726. The zero-order chi connectivity index (χ0) is 9.68. The van der Waals surface area contributed by atoms with Crippen LogP contribution in [-0.2, 0) is 0 Å². The van der Waals surface area contributed by atoms with Crippen molar-refractivity contribution in [2.75, 3.05) is 0 Å². The molecule has 0 spiro atoms. The number of fused-ring (bicyclic) bond motifs is 1. The molecule has 1 unspecified atom stereocenters. The van der Waals surface area contributed by atoms with E-state index in [0.29, 0.717) is 5.92 Å². The van der Waals surface area contributed by atoms with Crippen LogP contribution in [-0.4, -0.2) is 11.2 Å². The van der Waals surface area contributed by atoms with Crippen molar-refractivity contribution in [3.05, 3.63) is 10.4 Å². The van der Waals surface area contributed by atoms with Gasteiger partial charge in [-0.25, -0.2) is 9.98 Å². The largest absolute Gasteiger partial charge is 0.241 e. The van der Waals surface area contributed by atoms with Crippen molar-refractivity contribution < 1.29 is 0 Å². The molecule has 1 aromatic rings. The summed E-state index contributed by atoms with van der Waals surface area (Å²) < 4.78 is 0. The Hall–Kier alpha value is -0.700. The highest BCUT2D eigenvalue weighted by Gasteiger charge is 2.14. The summed E-state index contributed by atoms with van der Waals surface area (Å²) in [6, 6.07) is 0. The average molecular weight is 196 g/mol. The van der Waals surface area contributed by atoms with Gasteiger partial charge >= 0.3 is 0 Å². The summed E-state index contributed by atoms with van der Waals surface area (Å²) in [6.45, 7) is 6.24. The maximum atomic E-state index is 4.27. The topological polar surface area (TPSA) is 25.2 Å². The fourth-order valence-electron chi connectivity index (χ4n) is 1.29. The molecule has 2 heterocycles. The minimum atomic E-state index is 0.639. The van der Waals surface area contributed by atoms with E-state index in [-0.39, 0.29) is 0 Å². The summed E-state index contributed by atoms with van der Waals surface area (Å²) in [7, 11) is 0. The Morgan fingerprint density at radius 2 is 2.23 bits per heavy atom. The second-order valence-corrected chi connectivity index (χ2v) is 3.72. The van der Waals surface area contributed by atoms with Gasteiger partial charge in [0.05, 0.1) is 10.4 Å². The number of thiazole rings is 1. The SMILES string of the molecule is CC.CC1CCC=Nc2ncsc21. The van der Waals surface area contributed by atoms with E-state index in [9.17, 15) is 0 Å². The molecule has 13 heavy (non-hydrogen) atoms. The Bertz CT molecular complexity index is 278. The molecule has 0 amide bonds. The standard InChI is InChI=1S/C8H10N2S.C2H6/c1-6-3-2-4-9-8-7(6)11-5-10-8;1-2/h4-6H,2-3H2,1H3;1-2H3. The van der Waals surface area contributed by atoms with Crippen molar-refractivity contribution in [2.45, 2.75) is 39.5 Å². The highest BCUT2D eigenvalue weighted by molar-refractivity contribution is 7.10. The van der Waals surface area contributed by atoms with Crippen molar-refractivity contribution in [2.24, 2.45) is 4.99 Å². The molecule has 0 N–H and O–H groups in total. The predicted molar refractivity (Wildman–Crippen MR) is 59.3 cm³/mol. The van der Waals surface area contributed by atoms with Crippen LogP contribution in [0, 0.1) is 0 Å². The zero-order valence-electron chi connectivity index (χ0n) is 8.45. The summed E-state index contributed by atoms with van der Waals surface area (Å²) in [5, 5.41) is 0. The van der Waals surface area contributed by atoms with E-state index in [4.69, 9.17) is 0 Å². The lowest BCUT2D eigenvalue weighted by Gasteiger charge is -2.03. The second kappa shape index (κ2) is 5.12. The van der Waals surface area contributed by atoms with E-state index in [0.717, 1.165) is 12.2 Å². The molecule has 1 aliphatic rings. The lowest BCUT2D eigenvalue weighted by Crippen LogP contribution is -1.87. The highest BCUT2D eigenvalue weighted by atomic mass is 32.1. The van der Waals surface area contributed by atoms with Gasteiger partial charge in [-0.05, 0) is 18.8 Å². The number of nitrogens with zero attached hydrogens (tertiary/aromatic N) is 2. The van der Waals surface area contributed by atoms with Crippen LogP contribution in [0.3, 0.4) is 0 Å². The van der Waals surface area contributed by atoms with Crippen molar-refractivity contribution >= 4 is 23.4 Å². The molecular weight excluding hydrogens is 180 g/mol. The smallest absolute Gasteiger partial charge is 0.165 e. The first-order chi connectivity index (χ1) is 6.38. The average Bonchev–Trinajstić information content (AvgIpc) is 2.57. The monoisotopic (exact) mass is 196 g/mol. The van der Waals surface area contributed by atoms with Crippen molar-refractivity contribution in [1.82, 2.24) is 4.98 Å². The molecule has 0 saturated carbocycles. The number of aliphatic imine (C=N–C) groups is 1. The first-order valence-electron chi connectivity index (χ1n) is 4.84. The fourth-order valence-corrected chi connectivity index (χ4v) is 2.12. The van der Waals surface area contributed by atoms with Gasteiger partial charge in [0.25, 0.3) is 0 Å². The summed E-state index contributed by atoms with van der Waals surface area (Å²) in [5.74, 6) is 1.58. The molecule has 0 fully saturated rings. The van der Waals surface area contributed by atoms with Gasteiger partial charge in [-0.2, -0.15) is 0 Å². The fraction of sp³-hybridized carbons (Fsp3) is 0.600. The quantitative estimate of drug-likeness (QED) is 0.620. The molecule has 1 aromatic heterocycles. The molecule has 0 bridgehead atoms.